The first kappa shape index (κ1) is 20.5. The van der Waals surface area contributed by atoms with Gasteiger partial charge in [-0.15, -0.1) is 0 Å². The van der Waals surface area contributed by atoms with Crippen molar-refractivity contribution in [2.75, 3.05) is 16.2 Å². The SMILES string of the molecule is O=C(CN1c2cccc3cccc(c23)S1(=O)=O)Nc1cnn(CC(=O)NC2CCCC2)c1. The zero-order chi connectivity index (χ0) is 22.3. The van der Waals surface area contributed by atoms with E-state index in [2.05, 4.69) is 15.7 Å². The van der Waals surface area contributed by atoms with E-state index in [1.54, 1.807) is 30.5 Å². The molecule has 2 amide bonds. The first-order valence-electron chi connectivity index (χ1n) is 10.6. The predicted molar refractivity (Wildman–Crippen MR) is 120 cm³/mol. The zero-order valence-corrected chi connectivity index (χ0v) is 18.1. The van der Waals surface area contributed by atoms with E-state index < -0.39 is 15.9 Å². The molecule has 0 bridgehead atoms. The van der Waals surface area contributed by atoms with Crippen LogP contribution < -0.4 is 14.9 Å². The summed E-state index contributed by atoms with van der Waals surface area (Å²) < 4.78 is 28.6. The third kappa shape index (κ3) is 3.70. The van der Waals surface area contributed by atoms with E-state index in [1.165, 1.54) is 10.9 Å². The third-order valence-corrected chi connectivity index (χ3v) is 7.71. The largest absolute Gasteiger partial charge is 0.352 e. The first-order valence-corrected chi connectivity index (χ1v) is 12.0. The molecule has 2 heterocycles. The quantitative estimate of drug-likeness (QED) is 0.594. The first-order chi connectivity index (χ1) is 15.4. The molecule has 0 atom stereocenters. The van der Waals surface area contributed by atoms with Crippen LogP contribution in [0.4, 0.5) is 11.4 Å². The van der Waals surface area contributed by atoms with Crippen molar-refractivity contribution >= 4 is 44.0 Å². The van der Waals surface area contributed by atoms with E-state index >= 15 is 0 Å². The van der Waals surface area contributed by atoms with Crippen molar-refractivity contribution in [2.45, 2.75) is 43.2 Å². The second-order valence-corrected chi connectivity index (χ2v) is 10.00. The lowest BCUT2D eigenvalue weighted by molar-refractivity contribution is -0.122. The van der Waals surface area contributed by atoms with Gasteiger partial charge in [0, 0.05) is 17.6 Å². The van der Waals surface area contributed by atoms with Gasteiger partial charge >= 0.3 is 0 Å². The van der Waals surface area contributed by atoms with Gasteiger partial charge < -0.3 is 10.6 Å². The minimum atomic E-state index is -3.81. The molecule has 1 aliphatic heterocycles. The van der Waals surface area contributed by atoms with Crippen LogP contribution in [0.1, 0.15) is 25.7 Å². The fourth-order valence-corrected chi connectivity index (χ4v) is 6.13. The molecule has 0 spiro atoms. The number of benzene rings is 2. The van der Waals surface area contributed by atoms with Gasteiger partial charge in [-0.1, -0.05) is 37.1 Å². The van der Waals surface area contributed by atoms with Gasteiger partial charge in [-0.3, -0.25) is 18.6 Å². The highest BCUT2D eigenvalue weighted by Crippen LogP contribution is 2.41. The molecule has 0 saturated heterocycles. The Balaban J connectivity index is 1.25. The fraction of sp³-hybridized carbons (Fsp3) is 0.318. The Bertz CT molecular complexity index is 1310. The predicted octanol–water partition coefficient (Wildman–Crippen LogP) is 2.24. The van der Waals surface area contributed by atoms with E-state index in [9.17, 15) is 18.0 Å². The van der Waals surface area contributed by atoms with Crippen LogP contribution in [0.25, 0.3) is 10.8 Å². The summed E-state index contributed by atoms with van der Waals surface area (Å²) in [5.74, 6) is -0.611. The maximum absolute atomic E-state index is 13.0. The van der Waals surface area contributed by atoms with E-state index in [0.29, 0.717) is 16.8 Å². The molecule has 9 nitrogen and oxygen atoms in total. The van der Waals surface area contributed by atoms with Crippen LogP contribution in [0.15, 0.2) is 53.7 Å². The summed E-state index contributed by atoms with van der Waals surface area (Å²) in [6.45, 7) is -0.298. The Morgan fingerprint density at radius 3 is 2.56 bits per heavy atom. The summed E-state index contributed by atoms with van der Waals surface area (Å²) in [7, 11) is -3.81. The molecule has 1 fully saturated rings. The number of carbonyl (C=O) groups excluding carboxylic acids is 2. The second-order valence-electron chi connectivity index (χ2n) is 8.17. The van der Waals surface area contributed by atoms with Crippen molar-refractivity contribution in [3.8, 4) is 0 Å². The van der Waals surface area contributed by atoms with Gasteiger partial charge in [0.05, 0.1) is 22.5 Å². The molecule has 166 valence electrons. The van der Waals surface area contributed by atoms with E-state index in [4.69, 9.17) is 0 Å². The monoisotopic (exact) mass is 453 g/mol. The fourth-order valence-electron chi connectivity index (χ4n) is 4.46. The highest BCUT2D eigenvalue weighted by Gasteiger charge is 2.36. The molecule has 1 saturated carbocycles. The number of carbonyl (C=O) groups is 2. The van der Waals surface area contributed by atoms with E-state index in [0.717, 1.165) is 35.4 Å². The van der Waals surface area contributed by atoms with Gasteiger partial charge in [0.25, 0.3) is 10.0 Å². The molecule has 5 rings (SSSR count). The van der Waals surface area contributed by atoms with Gasteiger partial charge in [-0.2, -0.15) is 5.10 Å². The number of sulfonamides is 1. The lowest BCUT2D eigenvalue weighted by Crippen LogP contribution is -2.35. The number of rotatable bonds is 6. The standard InChI is InChI=1S/C22H23N5O4S/c28-20(24-16-7-1-2-8-16)13-26-12-17(11-23-26)25-21(29)14-27-18-9-3-5-15-6-4-10-19(22(15)18)32(27,30)31/h3-6,9-12,16H,1-2,7-8,13-14H2,(H,24,28)(H,25,29). The maximum atomic E-state index is 13.0. The molecule has 3 aromatic rings. The molecule has 2 N–H and O–H groups in total. The maximum Gasteiger partial charge on any atom is 0.265 e. The highest BCUT2D eigenvalue weighted by atomic mass is 32.2. The van der Waals surface area contributed by atoms with Crippen molar-refractivity contribution in [2.24, 2.45) is 0 Å². The van der Waals surface area contributed by atoms with Crippen LogP contribution in [-0.2, 0) is 26.2 Å². The summed E-state index contributed by atoms with van der Waals surface area (Å²) in [5, 5.41) is 11.2. The van der Waals surface area contributed by atoms with Crippen LogP contribution in [-0.4, -0.2) is 42.6 Å². The molecular formula is C22H23N5O4S. The number of nitrogens with zero attached hydrogens (tertiary/aromatic N) is 3. The number of nitrogens with one attached hydrogen (secondary N) is 2. The number of hydrogen-bond donors (Lipinski definition) is 2. The number of hydrogen-bond acceptors (Lipinski definition) is 5. The summed E-state index contributed by atoms with van der Waals surface area (Å²) in [6, 6.07) is 10.6. The topological polar surface area (TPSA) is 113 Å². The van der Waals surface area contributed by atoms with Crippen LogP contribution >= 0.6 is 0 Å². The number of aromatic nitrogens is 2. The van der Waals surface area contributed by atoms with Crippen molar-refractivity contribution in [1.82, 2.24) is 15.1 Å². The minimum Gasteiger partial charge on any atom is -0.352 e. The van der Waals surface area contributed by atoms with Gasteiger partial charge in [0.1, 0.15) is 13.1 Å². The lowest BCUT2D eigenvalue weighted by atomic mass is 10.1. The summed E-state index contributed by atoms with van der Waals surface area (Å²) in [4.78, 5) is 25.0. The summed E-state index contributed by atoms with van der Waals surface area (Å²) in [6.07, 6.45) is 7.27. The van der Waals surface area contributed by atoms with Crippen molar-refractivity contribution in [3.05, 3.63) is 48.8 Å². The molecule has 32 heavy (non-hydrogen) atoms. The van der Waals surface area contributed by atoms with Crippen molar-refractivity contribution in [1.29, 1.82) is 0 Å². The van der Waals surface area contributed by atoms with E-state index in [1.807, 2.05) is 12.1 Å². The highest BCUT2D eigenvalue weighted by molar-refractivity contribution is 7.93. The molecule has 2 aliphatic rings. The Labute approximate surface area is 185 Å². The molecule has 10 heteroatoms. The molecule has 0 radical (unpaired) electrons. The molecule has 1 aromatic heterocycles. The number of amides is 2. The van der Waals surface area contributed by atoms with Crippen molar-refractivity contribution < 1.29 is 18.0 Å². The Hall–Kier alpha value is -3.40. The molecule has 1 aliphatic carbocycles. The van der Waals surface area contributed by atoms with Gasteiger partial charge in [0.2, 0.25) is 11.8 Å². The smallest absolute Gasteiger partial charge is 0.265 e. The summed E-state index contributed by atoms with van der Waals surface area (Å²) >= 11 is 0. The van der Waals surface area contributed by atoms with Crippen LogP contribution in [0.2, 0.25) is 0 Å². The summed E-state index contributed by atoms with van der Waals surface area (Å²) in [5.41, 5.74) is 0.892. The van der Waals surface area contributed by atoms with Gasteiger partial charge in [-0.05, 0) is 30.4 Å². The molecular weight excluding hydrogens is 430 g/mol. The normalized spacial score (nSPS) is 17.1. The Morgan fingerprint density at radius 1 is 1.03 bits per heavy atom. The third-order valence-electron chi connectivity index (χ3n) is 5.91. The average molecular weight is 454 g/mol. The Morgan fingerprint density at radius 2 is 1.78 bits per heavy atom. The lowest BCUT2D eigenvalue weighted by Gasteiger charge is -2.18. The minimum absolute atomic E-state index is 0.0597. The van der Waals surface area contributed by atoms with Gasteiger partial charge in [0.15, 0.2) is 0 Å². The van der Waals surface area contributed by atoms with Crippen LogP contribution in [0.3, 0.4) is 0 Å². The Kier molecular flexibility index (Phi) is 5.09. The average Bonchev–Trinajstić information content (AvgIpc) is 3.47. The zero-order valence-electron chi connectivity index (χ0n) is 17.3. The molecule has 0 unspecified atom stereocenters. The van der Waals surface area contributed by atoms with Crippen LogP contribution in [0.5, 0.6) is 0 Å². The second kappa shape index (κ2) is 7.94. The van der Waals surface area contributed by atoms with Gasteiger partial charge in [-0.25, -0.2) is 8.42 Å². The van der Waals surface area contributed by atoms with Crippen molar-refractivity contribution in [3.63, 3.8) is 0 Å². The van der Waals surface area contributed by atoms with Crippen LogP contribution in [0, 0.1) is 0 Å². The van der Waals surface area contributed by atoms with E-state index in [-0.39, 0.29) is 29.9 Å². The number of anilines is 2. The molecule has 2 aromatic carbocycles.